The summed E-state index contributed by atoms with van der Waals surface area (Å²) in [6.07, 6.45) is 6.49. The molecule has 5 heteroatoms. The normalized spacial score (nSPS) is 27.7. The molecule has 0 aliphatic carbocycles. The van der Waals surface area contributed by atoms with Crippen LogP contribution in [0.4, 0.5) is 0 Å². The van der Waals surface area contributed by atoms with E-state index in [-0.39, 0.29) is 0 Å². The van der Waals surface area contributed by atoms with E-state index in [2.05, 4.69) is 27.2 Å². The molecule has 21 heavy (non-hydrogen) atoms. The van der Waals surface area contributed by atoms with E-state index in [1.807, 2.05) is 0 Å². The third-order valence-corrected chi connectivity index (χ3v) is 6.26. The zero-order valence-electron chi connectivity index (χ0n) is 12.9. The van der Waals surface area contributed by atoms with E-state index in [0.29, 0.717) is 5.88 Å². The van der Waals surface area contributed by atoms with Crippen molar-refractivity contribution < 1.29 is 0 Å². The number of hydrogen-bond donors (Lipinski definition) is 0. The van der Waals surface area contributed by atoms with Gasteiger partial charge in [-0.1, -0.05) is 0 Å². The van der Waals surface area contributed by atoms with Gasteiger partial charge in [-0.25, -0.2) is 4.98 Å². The third-order valence-electron chi connectivity index (χ3n) is 5.03. The standard InChI is InChI=1S/C16H26ClN3S/c1-19-7-2-4-13-11-20(9-6-15(13)19)8-3-5-16-18-14(10-17)12-21-16/h12-13,15H,2-11H2,1H3. The Morgan fingerprint density at radius 2 is 2.29 bits per heavy atom. The Kier molecular flexibility index (Phi) is 5.54. The highest BCUT2D eigenvalue weighted by atomic mass is 35.5. The Bertz CT molecular complexity index is 450. The van der Waals surface area contributed by atoms with Crippen molar-refractivity contribution in [2.24, 2.45) is 5.92 Å². The van der Waals surface area contributed by atoms with Gasteiger partial charge in [0.15, 0.2) is 0 Å². The first kappa shape index (κ1) is 15.7. The summed E-state index contributed by atoms with van der Waals surface area (Å²) in [5, 5.41) is 3.34. The number of hydrogen-bond acceptors (Lipinski definition) is 4. The zero-order chi connectivity index (χ0) is 14.7. The lowest BCUT2D eigenvalue weighted by Gasteiger charge is -2.46. The summed E-state index contributed by atoms with van der Waals surface area (Å²) in [6.45, 7) is 5.10. The molecule has 0 amide bonds. The fourth-order valence-corrected chi connectivity index (χ4v) is 4.98. The van der Waals surface area contributed by atoms with Crippen LogP contribution in [0.2, 0.25) is 0 Å². The van der Waals surface area contributed by atoms with Gasteiger partial charge < -0.3 is 9.80 Å². The SMILES string of the molecule is CN1CCCC2CN(CCCc3nc(CCl)cs3)CCC21. The minimum atomic E-state index is 0.541. The molecule has 2 fully saturated rings. The molecule has 0 bridgehead atoms. The molecule has 2 unspecified atom stereocenters. The average molecular weight is 328 g/mol. The molecule has 3 rings (SSSR count). The van der Waals surface area contributed by atoms with Crippen LogP contribution in [-0.4, -0.2) is 54.1 Å². The van der Waals surface area contributed by atoms with Crippen LogP contribution >= 0.6 is 22.9 Å². The van der Waals surface area contributed by atoms with E-state index in [1.165, 1.54) is 56.9 Å². The number of thiazole rings is 1. The Labute approximate surface area is 137 Å². The summed E-state index contributed by atoms with van der Waals surface area (Å²) in [7, 11) is 2.31. The number of aromatic nitrogens is 1. The van der Waals surface area contributed by atoms with Crippen LogP contribution in [0.1, 0.15) is 36.4 Å². The van der Waals surface area contributed by atoms with Crippen molar-refractivity contribution in [3.63, 3.8) is 0 Å². The van der Waals surface area contributed by atoms with Gasteiger partial charge in [0.2, 0.25) is 0 Å². The number of alkyl halides is 1. The van der Waals surface area contributed by atoms with Crippen LogP contribution in [-0.2, 0) is 12.3 Å². The fourth-order valence-electron chi connectivity index (χ4n) is 3.91. The first-order valence-corrected chi connectivity index (χ1v) is 9.59. The maximum atomic E-state index is 5.80. The molecule has 1 aromatic heterocycles. The molecular weight excluding hydrogens is 302 g/mol. The topological polar surface area (TPSA) is 19.4 Å². The van der Waals surface area contributed by atoms with Crippen LogP contribution in [0.25, 0.3) is 0 Å². The predicted molar refractivity (Wildman–Crippen MR) is 90.2 cm³/mol. The smallest absolute Gasteiger partial charge is 0.0929 e. The number of nitrogens with zero attached hydrogens (tertiary/aromatic N) is 3. The first-order chi connectivity index (χ1) is 10.3. The van der Waals surface area contributed by atoms with Crippen molar-refractivity contribution >= 4 is 22.9 Å². The lowest BCUT2D eigenvalue weighted by molar-refractivity contribution is 0.0383. The second kappa shape index (κ2) is 7.40. The maximum Gasteiger partial charge on any atom is 0.0929 e. The predicted octanol–water partition coefficient (Wildman–Crippen LogP) is 3.23. The van der Waals surface area contributed by atoms with Crippen molar-refractivity contribution in [3.05, 3.63) is 16.1 Å². The molecule has 0 radical (unpaired) electrons. The largest absolute Gasteiger partial charge is 0.303 e. The van der Waals surface area contributed by atoms with Crippen LogP contribution < -0.4 is 0 Å². The molecule has 1 aromatic rings. The van der Waals surface area contributed by atoms with Crippen molar-refractivity contribution in [1.29, 1.82) is 0 Å². The molecule has 2 atom stereocenters. The molecule has 2 aliphatic rings. The summed E-state index contributed by atoms with van der Waals surface area (Å²) < 4.78 is 0. The van der Waals surface area contributed by atoms with Crippen molar-refractivity contribution in [2.75, 3.05) is 33.2 Å². The lowest BCUT2D eigenvalue weighted by Crippen LogP contribution is -2.52. The summed E-state index contributed by atoms with van der Waals surface area (Å²) in [6, 6.07) is 0.847. The van der Waals surface area contributed by atoms with Crippen LogP contribution in [0, 0.1) is 5.92 Å². The summed E-state index contributed by atoms with van der Waals surface area (Å²) in [5.41, 5.74) is 1.03. The minimum Gasteiger partial charge on any atom is -0.303 e. The van der Waals surface area contributed by atoms with Crippen LogP contribution in [0.3, 0.4) is 0 Å². The Morgan fingerprint density at radius 1 is 1.38 bits per heavy atom. The second-order valence-corrected chi connectivity index (χ2v) is 7.72. The third kappa shape index (κ3) is 3.98. The zero-order valence-corrected chi connectivity index (χ0v) is 14.5. The van der Waals surface area contributed by atoms with E-state index in [4.69, 9.17) is 11.6 Å². The maximum absolute atomic E-state index is 5.80. The molecule has 2 aliphatic heterocycles. The van der Waals surface area contributed by atoms with Gasteiger partial charge in [0.1, 0.15) is 0 Å². The van der Waals surface area contributed by atoms with Gasteiger partial charge in [-0.15, -0.1) is 22.9 Å². The van der Waals surface area contributed by atoms with Crippen molar-refractivity contribution in [3.8, 4) is 0 Å². The monoisotopic (exact) mass is 327 g/mol. The van der Waals surface area contributed by atoms with Crippen molar-refractivity contribution in [2.45, 2.75) is 44.0 Å². The Balaban J connectivity index is 1.42. The quantitative estimate of drug-likeness (QED) is 0.774. The van der Waals surface area contributed by atoms with E-state index in [0.717, 1.165) is 24.1 Å². The van der Waals surface area contributed by atoms with E-state index in [9.17, 15) is 0 Å². The fraction of sp³-hybridized carbons (Fsp3) is 0.812. The van der Waals surface area contributed by atoms with E-state index in [1.54, 1.807) is 11.3 Å². The number of aryl methyl sites for hydroxylation is 1. The van der Waals surface area contributed by atoms with Gasteiger partial charge in [-0.3, -0.25) is 0 Å². The number of piperidine rings is 2. The van der Waals surface area contributed by atoms with Crippen LogP contribution in [0.15, 0.2) is 5.38 Å². The Morgan fingerprint density at radius 3 is 3.10 bits per heavy atom. The molecule has 3 nitrogen and oxygen atoms in total. The van der Waals surface area contributed by atoms with Gasteiger partial charge in [0.25, 0.3) is 0 Å². The molecule has 118 valence electrons. The van der Waals surface area contributed by atoms with Gasteiger partial charge in [0.05, 0.1) is 16.6 Å². The second-order valence-electron chi connectivity index (χ2n) is 6.51. The summed E-state index contributed by atoms with van der Waals surface area (Å²) >= 11 is 7.56. The number of rotatable bonds is 5. The first-order valence-electron chi connectivity index (χ1n) is 8.18. The number of likely N-dealkylation sites (tertiary alicyclic amines) is 2. The number of halogens is 1. The molecule has 3 heterocycles. The van der Waals surface area contributed by atoms with Crippen molar-refractivity contribution in [1.82, 2.24) is 14.8 Å². The van der Waals surface area contributed by atoms with Gasteiger partial charge in [-0.2, -0.15) is 0 Å². The highest BCUT2D eigenvalue weighted by Crippen LogP contribution is 2.29. The molecule has 0 spiro atoms. The summed E-state index contributed by atoms with van der Waals surface area (Å²) in [5.74, 6) is 1.44. The molecule has 0 saturated carbocycles. The average Bonchev–Trinajstić information content (AvgIpc) is 2.95. The summed E-state index contributed by atoms with van der Waals surface area (Å²) in [4.78, 5) is 9.82. The highest BCUT2D eigenvalue weighted by Gasteiger charge is 2.33. The minimum absolute atomic E-state index is 0.541. The highest BCUT2D eigenvalue weighted by molar-refractivity contribution is 7.09. The molecule has 0 aromatic carbocycles. The molecular formula is C16H26ClN3S. The van der Waals surface area contributed by atoms with E-state index < -0.39 is 0 Å². The van der Waals surface area contributed by atoms with Gasteiger partial charge in [-0.05, 0) is 58.3 Å². The lowest BCUT2D eigenvalue weighted by atomic mass is 9.84. The molecule has 2 saturated heterocycles. The molecule has 0 N–H and O–H groups in total. The van der Waals surface area contributed by atoms with Crippen LogP contribution in [0.5, 0.6) is 0 Å². The number of fused-ring (bicyclic) bond motifs is 1. The van der Waals surface area contributed by atoms with Gasteiger partial charge >= 0.3 is 0 Å². The van der Waals surface area contributed by atoms with E-state index >= 15 is 0 Å². The Hall–Kier alpha value is -0.160. The van der Waals surface area contributed by atoms with Gasteiger partial charge in [0, 0.05) is 24.4 Å².